The number of nitrogens with one attached hydrogen (secondary N) is 1. The highest BCUT2D eigenvalue weighted by Gasteiger charge is 2.28. The molecular weight excluding hydrogens is 841 g/mol. The van der Waals surface area contributed by atoms with Crippen LogP contribution in [0.5, 0.6) is 0 Å². The number of hydrogen-bond acceptors (Lipinski definition) is 9. The van der Waals surface area contributed by atoms with Gasteiger partial charge in [0.05, 0.1) is 46.1 Å². The van der Waals surface area contributed by atoms with Crippen molar-refractivity contribution in [3.63, 3.8) is 0 Å². The number of anilines is 2. The maximum Gasteiger partial charge on any atom is 0.324 e. The summed E-state index contributed by atoms with van der Waals surface area (Å²) in [6.45, 7) is 2.70. The number of ketones is 1. The molecule has 0 bridgehead atoms. The number of halogens is 6. The summed E-state index contributed by atoms with van der Waals surface area (Å²) >= 11 is 0. The smallest absolute Gasteiger partial charge is 0.324 e. The SMILES string of the molecule is O=C(CNC(=O)C(F)F)c1ccc(CN(C(=O)N2CCOCC2)c2ccccc2)c(F)c1.O=C(N1CCOCC1)N(Cc1ccc(-c2nnc(C(F)F)o2)cc1F)c1ccccc1. The molecule has 0 atom stereocenters. The number of aromatic nitrogens is 2. The molecule has 2 aliphatic heterocycles. The summed E-state index contributed by atoms with van der Waals surface area (Å²) in [6.07, 6.45) is -6.15. The molecule has 5 amide bonds. The van der Waals surface area contributed by atoms with E-state index >= 15 is 0 Å². The average molecular weight is 882 g/mol. The molecule has 0 aliphatic carbocycles. The number of benzene rings is 4. The second kappa shape index (κ2) is 21.8. The number of hydrogen-bond donors (Lipinski definition) is 1. The van der Waals surface area contributed by atoms with Crippen molar-refractivity contribution in [1.29, 1.82) is 0 Å². The zero-order valence-electron chi connectivity index (χ0n) is 33.5. The van der Waals surface area contributed by atoms with Crippen molar-refractivity contribution in [2.24, 2.45) is 0 Å². The molecule has 0 spiro atoms. The van der Waals surface area contributed by atoms with Crippen molar-refractivity contribution in [3.8, 4) is 11.5 Å². The van der Waals surface area contributed by atoms with Gasteiger partial charge in [0.15, 0.2) is 5.78 Å². The Morgan fingerprint density at radius 2 is 1.14 bits per heavy atom. The fraction of sp³-hybridized carbons (Fsp3) is 0.302. The highest BCUT2D eigenvalue weighted by atomic mass is 19.3. The molecule has 1 aromatic heterocycles. The third-order valence-electron chi connectivity index (χ3n) is 9.74. The van der Waals surface area contributed by atoms with Gasteiger partial charge in [-0.1, -0.05) is 54.6 Å². The van der Waals surface area contributed by atoms with E-state index in [0.717, 1.165) is 12.1 Å². The van der Waals surface area contributed by atoms with Gasteiger partial charge in [0.2, 0.25) is 5.89 Å². The highest BCUT2D eigenvalue weighted by Crippen LogP contribution is 2.27. The Labute approximate surface area is 357 Å². The highest BCUT2D eigenvalue weighted by molar-refractivity contribution is 5.99. The van der Waals surface area contributed by atoms with E-state index < -0.39 is 48.6 Å². The molecule has 63 heavy (non-hydrogen) atoms. The van der Waals surface area contributed by atoms with Crippen LogP contribution >= 0.6 is 0 Å². The van der Waals surface area contributed by atoms with E-state index in [0.29, 0.717) is 64.0 Å². The number of alkyl halides is 4. The Kier molecular flexibility index (Phi) is 15.8. The van der Waals surface area contributed by atoms with Crippen molar-refractivity contribution >= 4 is 35.1 Å². The fourth-order valence-corrected chi connectivity index (χ4v) is 6.39. The minimum Gasteiger partial charge on any atom is -0.415 e. The zero-order chi connectivity index (χ0) is 44.9. The van der Waals surface area contributed by atoms with E-state index in [9.17, 15) is 45.5 Å². The van der Waals surface area contributed by atoms with Crippen LogP contribution in [0.3, 0.4) is 0 Å². The molecule has 7 rings (SSSR count). The first-order chi connectivity index (χ1) is 30.4. The minimum absolute atomic E-state index is 0.0154. The Balaban J connectivity index is 0.000000210. The Hall–Kier alpha value is -6.80. The van der Waals surface area contributed by atoms with Crippen LogP contribution in [0.1, 0.15) is 33.8 Å². The number of urea groups is 2. The van der Waals surface area contributed by atoms with Gasteiger partial charge in [-0.2, -0.15) is 17.6 Å². The first-order valence-corrected chi connectivity index (χ1v) is 19.6. The molecule has 1 N–H and O–H groups in total. The van der Waals surface area contributed by atoms with Gasteiger partial charge in [0, 0.05) is 59.8 Å². The predicted molar refractivity (Wildman–Crippen MR) is 215 cm³/mol. The third kappa shape index (κ3) is 12.2. The third-order valence-corrected chi connectivity index (χ3v) is 9.74. The minimum atomic E-state index is -3.24. The summed E-state index contributed by atoms with van der Waals surface area (Å²) < 4.78 is 94.9. The Morgan fingerprint density at radius 1 is 0.651 bits per heavy atom. The number of morpholine rings is 2. The molecule has 0 radical (unpaired) electrons. The monoisotopic (exact) mass is 881 g/mol. The van der Waals surface area contributed by atoms with Gasteiger partial charge in [-0.25, -0.2) is 18.4 Å². The largest absolute Gasteiger partial charge is 0.415 e. The van der Waals surface area contributed by atoms with Gasteiger partial charge in [-0.3, -0.25) is 19.4 Å². The first-order valence-electron chi connectivity index (χ1n) is 19.6. The number of ether oxygens (including phenoxy) is 2. The van der Waals surface area contributed by atoms with Crippen LogP contribution in [0.4, 0.5) is 47.3 Å². The van der Waals surface area contributed by atoms with Gasteiger partial charge in [-0.15, -0.1) is 10.2 Å². The van der Waals surface area contributed by atoms with Crippen LogP contribution in [0.15, 0.2) is 101 Å². The molecule has 332 valence electrons. The molecule has 3 heterocycles. The Bertz CT molecular complexity index is 2330. The lowest BCUT2D eigenvalue weighted by Gasteiger charge is -2.33. The van der Waals surface area contributed by atoms with E-state index in [4.69, 9.17) is 13.9 Å². The number of nitrogens with zero attached hydrogens (tertiary/aromatic N) is 6. The van der Waals surface area contributed by atoms with Gasteiger partial charge in [0.25, 0.3) is 11.8 Å². The quantitative estimate of drug-likeness (QED) is 0.102. The fourth-order valence-electron chi connectivity index (χ4n) is 6.39. The zero-order valence-corrected chi connectivity index (χ0v) is 33.5. The molecule has 2 fully saturated rings. The molecule has 2 aliphatic rings. The van der Waals surface area contributed by atoms with Crippen LogP contribution < -0.4 is 15.1 Å². The number of carbonyl (C=O) groups excluding carboxylic acids is 4. The lowest BCUT2D eigenvalue weighted by molar-refractivity contribution is -0.131. The summed E-state index contributed by atoms with van der Waals surface area (Å²) in [5, 5.41) is 8.57. The lowest BCUT2D eigenvalue weighted by Crippen LogP contribution is -2.48. The topological polar surface area (TPSA) is 151 Å². The van der Waals surface area contributed by atoms with Crippen molar-refractivity contribution in [1.82, 2.24) is 25.3 Å². The molecule has 0 unspecified atom stereocenters. The molecule has 2 saturated heterocycles. The summed E-state index contributed by atoms with van der Waals surface area (Å²) in [4.78, 5) is 55.5. The van der Waals surface area contributed by atoms with Crippen LogP contribution in [0, 0.1) is 11.6 Å². The number of rotatable bonds is 12. The maximum atomic E-state index is 14.9. The van der Waals surface area contributed by atoms with Crippen molar-refractivity contribution in [3.05, 3.63) is 131 Å². The van der Waals surface area contributed by atoms with Gasteiger partial charge >= 0.3 is 24.9 Å². The maximum absolute atomic E-state index is 14.9. The van der Waals surface area contributed by atoms with E-state index in [2.05, 4.69) is 10.2 Å². The summed E-state index contributed by atoms with van der Waals surface area (Å²) in [7, 11) is 0. The predicted octanol–water partition coefficient (Wildman–Crippen LogP) is 7.12. The second-order valence-corrected chi connectivity index (χ2v) is 13.9. The van der Waals surface area contributed by atoms with Crippen LogP contribution in [-0.4, -0.2) is 109 Å². The molecule has 5 aromatic rings. The van der Waals surface area contributed by atoms with Crippen molar-refractivity contribution in [2.75, 3.05) is 69.0 Å². The van der Waals surface area contributed by atoms with Crippen molar-refractivity contribution in [2.45, 2.75) is 25.9 Å². The molecule has 4 aromatic carbocycles. The average Bonchev–Trinajstić information content (AvgIpc) is 3.82. The van der Waals surface area contributed by atoms with Gasteiger partial charge in [0.1, 0.15) is 11.6 Å². The number of Topliss-reactive ketones (excluding diaryl/α,β-unsaturated/α-hetero) is 1. The molecular formula is C43H41F6N7O7. The van der Waals surface area contributed by atoms with Gasteiger partial charge in [-0.05, 0) is 42.5 Å². The van der Waals surface area contributed by atoms with Crippen LogP contribution in [0.2, 0.25) is 0 Å². The molecule has 14 nitrogen and oxygen atoms in total. The van der Waals surface area contributed by atoms with E-state index in [1.807, 2.05) is 6.07 Å². The lowest BCUT2D eigenvalue weighted by atomic mass is 10.1. The molecule has 0 saturated carbocycles. The number of para-hydroxylation sites is 2. The number of carbonyl (C=O) groups is 4. The first kappa shape index (κ1) is 45.7. The summed E-state index contributed by atoms with van der Waals surface area (Å²) in [5.41, 5.74) is 1.73. The van der Waals surface area contributed by atoms with Crippen LogP contribution in [0.25, 0.3) is 11.5 Å². The molecule has 20 heteroatoms. The van der Waals surface area contributed by atoms with E-state index in [1.165, 1.54) is 34.1 Å². The normalized spacial score (nSPS) is 13.9. The van der Waals surface area contributed by atoms with Crippen molar-refractivity contribution < 1.29 is 59.4 Å². The summed E-state index contributed by atoms with van der Waals surface area (Å²) in [5.74, 6) is -4.67. The standard InChI is InChI=1S/C22H22F3N3O4.C21H19F3N4O3/c23-18-12-15(19(29)13-26-21(30)20(24)25)6-7-16(18)14-28(17-4-2-1-3-5-17)22(31)27-8-10-32-11-9-27;22-17-12-14(19-25-26-20(31-19)18(23)24)6-7-15(17)13-28(16-4-2-1-3-5-16)21(29)27-8-10-30-11-9-27/h1-7,12,20H,8-11,13-14H2,(H,26,30);1-7,12,18H,8-11,13H2. The van der Waals surface area contributed by atoms with Gasteiger partial charge < -0.3 is 29.0 Å². The van der Waals surface area contributed by atoms with E-state index in [-0.39, 0.29) is 53.3 Å². The van der Waals surface area contributed by atoms with Crippen LogP contribution in [-0.2, 0) is 27.4 Å². The van der Waals surface area contributed by atoms with E-state index in [1.54, 1.807) is 69.7 Å². The Morgan fingerprint density at radius 3 is 1.59 bits per heavy atom. The number of amides is 5. The summed E-state index contributed by atoms with van der Waals surface area (Å²) in [6, 6.07) is 25.0. The second-order valence-electron chi connectivity index (χ2n) is 13.9.